The molecule has 6 heteroatoms. The summed E-state index contributed by atoms with van der Waals surface area (Å²) < 4.78 is 6.01. The number of nitrogens with one attached hydrogen (secondary N) is 1. The predicted octanol–water partition coefficient (Wildman–Crippen LogP) is 3.75. The van der Waals surface area contributed by atoms with Crippen molar-refractivity contribution in [2.45, 2.75) is 0 Å². The zero-order valence-electron chi connectivity index (χ0n) is 10.8. The highest BCUT2D eigenvalue weighted by molar-refractivity contribution is 9.10. The van der Waals surface area contributed by atoms with Gasteiger partial charge in [0, 0.05) is 21.3 Å². The molecule has 0 saturated carbocycles. The Bertz CT molecular complexity index is 755. The highest BCUT2D eigenvalue weighted by Crippen LogP contribution is 2.19. The number of carbonyl (C=O) groups excluding carboxylic acids is 1. The van der Waals surface area contributed by atoms with Gasteiger partial charge in [0.1, 0.15) is 0 Å². The lowest BCUT2D eigenvalue weighted by atomic mass is 10.1. The van der Waals surface area contributed by atoms with Crippen LogP contribution in [0.1, 0.15) is 10.4 Å². The van der Waals surface area contributed by atoms with Gasteiger partial charge in [-0.15, -0.1) is 10.2 Å². The molecule has 0 saturated heterocycles. The first-order chi connectivity index (χ1) is 10.2. The smallest absolute Gasteiger partial charge is 0.255 e. The van der Waals surface area contributed by atoms with Crippen molar-refractivity contribution >= 4 is 27.5 Å². The van der Waals surface area contributed by atoms with Crippen LogP contribution in [0.5, 0.6) is 0 Å². The van der Waals surface area contributed by atoms with E-state index in [1.807, 2.05) is 24.3 Å². The lowest BCUT2D eigenvalue weighted by Gasteiger charge is -2.06. The first-order valence-electron chi connectivity index (χ1n) is 6.16. The molecule has 3 aromatic rings. The molecule has 0 aliphatic heterocycles. The van der Waals surface area contributed by atoms with Gasteiger partial charge in [0.25, 0.3) is 5.91 Å². The molecule has 21 heavy (non-hydrogen) atoms. The van der Waals surface area contributed by atoms with Gasteiger partial charge in [-0.1, -0.05) is 22.0 Å². The number of hydrogen-bond acceptors (Lipinski definition) is 4. The lowest BCUT2D eigenvalue weighted by molar-refractivity contribution is 0.102. The molecular weight excluding hydrogens is 334 g/mol. The summed E-state index contributed by atoms with van der Waals surface area (Å²) in [6, 6.07) is 14.4. The van der Waals surface area contributed by atoms with Crippen molar-refractivity contribution in [1.29, 1.82) is 0 Å². The van der Waals surface area contributed by atoms with E-state index in [1.54, 1.807) is 24.3 Å². The average Bonchev–Trinajstić information content (AvgIpc) is 3.01. The van der Waals surface area contributed by atoms with Crippen LogP contribution in [-0.4, -0.2) is 16.1 Å². The van der Waals surface area contributed by atoms with E-state index in [2.05, 4.69) is 31.4 Å². The molecule has 1 N–H and O–H groups in total. The van der Waals surface area contributed by atoms with Gasteiger partial charge in [0.05, 0.1) is 0 Å². The summed E-state index contributed by atoms with van der Waals surface area (Å²) >= 11 is 3.37. The van der Waals surface area contributed by atoms with E-state index in [0.29, 0.717) is 11.5 Å². The SMILES string of the molecule is O=C(Nc1cccc(Br)c1)c1ccc(-c2nnco2)cc1. The normalized spacial score (nSPS) is 10.3. The quantitative estimate of drug-likeness (QED) is 0.786. The van der Waals surface area contributed by atoms with Crippen LogP contribution in [0.25, 0.3) is 11.5 Å². The van der Waals surface area contributed by atoms with Crippen molar-refractivity contribution in [2.24, 2.45) is 0 Å². The molecule has 2 aromatic carbocycles. The number of hydrogen-bond donors (Lipinski definition) is 1. The Labute approximate surface area is 129 Å². The Morgan fingerprint density at radius 1 is 1.14 bits per heavy atom. The number of halogens is 1. The summed E-state index contributed by atoms with van der Waals surface area (Å²) in [6.07, 6.45) is 1.27. The van der Waals surface area contributed by atoms with Crippen molar-refractivity contribution in [3.8, 4) is 11.5 Å². The monoisotopic (exact) mass is 343 g/mol. The molecule has 0 aliphatic rings. The van der Waals surface area contributed by atoms with Gasteiger partial charge < -0.3 is 9.73 Å². The van der Waals surface area contributed by atoms with Crippen LogP contribution in [0.15, 0.2) is 63.8 Å². The van der Waals surface area contributed by atoms with Gasteiger partial charge in [-0.3, -0.25) is 4.79 Å². The van der Waals surface area contributed by atoms with Gasteiger partial charge >= 0.3 is 0 Å². The Hall–Kier alpha value is -2.47. The predicted molar refractivity (Wildman–Crippen MR) is 81.8 cm³/mol. The number of benzene rings is 2. The molecule has 1 heterocycles. The molecule has 1 aromatic heterocycles. The molecule has 0 unspecified atom stereocenters. The Balaban J connectivity index is 1.76. The molecule has 0 bridgehead atoms. The Morgan fingerprint density at radius 2 is 1.95 bits per heavy atom. The minimum absolute atomic E-state index is 0.176. The fourth-order valence-electron chi connectivity index (χ4n) is 1.83. The van der Waals surface area contributed by atoms with E-state index in [-0.39, 0.29) is 5.91 Å². The van der Waals surface area contributed by atoms with E-state index in [0.717, 1.165) is 15.7 Å². The van der Waals surface area contributed by atoms with Crippen molar-refractivity contribution in [1.82, 2.24) is 10.2 Å². The van der Waals surface area contributed by atoms with Crippen molar-refractivity contribution in [2.75, 3.05) is 5.32 Å². The molecule has 0 fully saturated rings. The lowest BCUT2D eigenvalue weighted by Crippen LogP contribution is -2.11. The van der Waals surface area contributed by atoms with Crippen LogP contribution >= 0.6 is 15.9 Å². The third kappa shape index (κ3) is 3.17. The van der Waals surface area contributed by atoms with Gasteiger partial charge in [-0.25, -0.2) is 0 Å². The molecule has 3 rings (SSSR count). The van der Waals surface area contributed by atoms with Gasteiger partial charge in [0.2, 0.25) is 12.3 Å². The number of aromatic nitrogens is 2. The van der Waals surface area contributed by atoms with E-state index in [4.69, 9.17) is 4.42 Å². The molecule has 104 valence electrons. The molecular formula is C15H10BrN3O2. The van der Waals surface area contributed by atoms with Crippen LogP contribution in [0.2, 0.25) is 0 Å². The molecule has 0 aliphatic carbocycles. The Morgan fingerprint density at radius 3 is 2.62 bits per heavy atom. The summed E-state index contributed by atoms with van der Waals surface area (Å²) in [5.74, 6) is 0.249. The second kappa shape index (κ2) is 5.88. The minimum Gasteiger partial charge on any atom is -0.423 e. The van der Waals surface area contributed by atoms with Gasteiger partial charge in [-0.2, -0.15) is 0 Å². The van der Waals surface area contributed by atoms with Crippen LogP contribution in [-0.2, 0) is 0 Å². The fraction of sp³-hybridized carbons (Fsp3) is 0. The highest BCUT2D eigenvalue weighted by atomic mass is 79.9. The molecule has 0 atom stereocenters. The van der Waals surface area contributed by atoms with Crippen LogP contribution < -0.4 is 5.32 Å². The largest absolute Gasteiger partial charge is 0.423 e. The average molecular weight is 344 g/mol. The summed E-state index contributed by atoms with van der Waals surface area (Å²) in [4.78, 5) is 12.1. The van der Waals surface area contributed by atoms with Crippen LogP contribution in [0.4, 0.5) is 5.69 Å². The van der Waals surface area contributed by atoms with Crippen molar-refractivity contribution in [3.63, 3.8) is 0 Å². The second-order valence-electron chi connectivity index (χ2n) is 4.29. The van der Waals surface area contributed by atoms with Gasteiger partial charge in [0.15, 0.2) is 0 Å². The Kier molecular flexibility index (Phi) is 3.79. The third-order valence-electron chi connectivity index (χ3n) is 2.84. The van der Waals surface area contributed by atoms with Crippen molar-refractivity contribution in [3.05, 3.63) is 65.0 Å². The standard InChI is InChI=1S/C15H10BrN3O2/c16-12-2-1-3-13(8-12)18-14(20)10-4-6-11(7-5-10)15-19-17-9-21-15/h1-9H,(H,18,20). The maximum Gasteiger partial charge on any atom is 0.255 e. The number of anilines is 1. The zero-order chi connectivity index (χ0) is 14.7. The van der Waals surface area contributed by atoms with Crippen LogP contribution in [0.3, 0.4) is 0 Å². The summed E-state index contributed by atoms with van der Waals surface area (Å²) in [5, 5.41) is 10.3. The molecule has 0 spiro atoms. The number of nitrogens with zero attached hydrogens (tertiary/aromatic N) is 2. The second-order valence-corrected chi connectivity index (χ2v) is 5.20. The molecule has 1 amide bonds. The van der Waals surface area contributed by atoms with Crippen molar-refractivity contribution < 1.29 is 9.21 Å². The van der Waals surface area contributed by atoms with E-state index < -0.39 is 0 Å². The summed E-state index contributed by atoms with van der Waals surface area (Å²) in [6.45, 7) is 0. The first kappa shape index (κ1) is 13.5. The maximum absolute atomic E-state index is 12.1. The number of rotatable bonds is 3. The van der Waals surface area contributed by atoms with E-state index in [1.165, 1.54) is 6.39 Å². The van der Waals surface area contributed by atoms with Crippen LogP contribution in [0, 0.1) is 0 Å². The fourth-order valence-corrected chi connectivity index (χ4v) is 2.23. The summed E-state index contributed by atoms with van der Waals surface area (Å²) in [5.41, 5.74) is 2.06. The minimum atomic E-state index is -0.176. The molecule has 5 nitrogen and oxygen atoms in total. The third-order valence-corrected chi connectivity index (χ3v) is 3.33. The zero-order valence-corrected chi connectivity index (χ0v) is 12.4. The topological polar surface area (TPSA) is 68.0 Å². The number of amides is 1. The highest BCUT2D eigenvalue weighted by Gasteiger charge is 2.08. The van der Waals surface area contributed by atoms with Gasteiger partial charge in [-0.05, 0) is 42.5 Å². The first-order valence-corrected chi connectivity index (χ1v) is 6.95. The van der Waals surface area contributed by atoms with E-state index in [9.17, 15) is 4.79 Å². The number of carbonyl (C=O) groups is 1. The van der Waals surface area contributed by atoms with E-state index >= 15 is 0 Å². The molecule has 0 radical (unpaired) electrons. The summed E-state index contributed by atoms with van der Waals surface area (Å²) in [7, 11) is 0. The maximum atomic E-state index is 12.1.